The van der Waals surface area contributed by atoms with Crippen molar-refractivity contribution in [3.63, 3.8) is 0 Å². The van der Waals surface area contributed by atoms with Crippen LogP contribution in [0, 0.1) is 5.92 Å². The third-order valence-corrected chi connectivity index (χ3v) is 7.86. The van der Waals surface area contributed by atoms with E-state index in [0.29, 0.717) is 55.5 Å². The summed E-state index contributed by atoms with van der Waals surface area (Å²) in [5.74, 6) is 0.715. The van der Waals surface area contributed by atoms with Crippen molar-refractivity contribution in [3.05, 3.63) is 46.4 Å². The zero-order valence-electron chi connectivity index (χ0n) is 17.6. The zero-order chi connectivity index (χ0) is 21.5. The SMILES string of the molecule is CC(C)Cn1cc(C(=O)N2CCN([C@@H]3CCS(=O)(=O)C3)CC2)c2ccccc2c1=O. The molecule has 2 aromatic rings. The molecule has 30 heavy (non-hydrogen) atoms. The van der Waals surface area contributed by atoms with Crippen LogP contribution in [0.5, 0.6) is 0 Å². The van der Waals surface area contributed by atoms with Crippen LogP contribution in [0.4, 0.5) is 0 Å². The second-order valence-electron chi connectivity index (χ2n) is 8.82. The molecule has 1 aromatic carbocycles. The fourth-order valence-electron chi connectivity index (χ4n) is 4.57. The minimum atomic E-state index is -2.92. The van der Waals surface area contributed by atoms with E-state index in [1.807, 2.05) is 36.9 Å². The minimum absolute atomic E-state index is 0.0666. The van der Waals surface area contributed by atoms with Crippen molar-refractivity contribution in [2.45, 2.75) is 32.9 Å². The predicted octanol–water partition coefficient (Wildman–Crippen LogP) is 1.60. The third-order valence-electron chi connectivity index (χ3n) is 6.11. The highest BCUT2D eigenvalue weighted by atomic mass is 32.2. The largest absolute Gasteiger partial charge is 0.336 e. The molecule has 7 nitrogen and oxygen atoms in total. The molecule has 3 heterocycles. The number of carbonyl (C=O) groups is 1. The van der Waals surface area contributed by atoms with Gasteiger partial charge in [0.2, 0.25) is 0 Å². The fraction of sp³-hybridized carbons (Fsp3) is 0.545. The van der Waals surface area contributed by atoms with Gasteiger partial charge in [0.05, 0.1) is 17.1 Å². The molecule has 2 saturated heterocycles. The zero-order valence-corrected chi connectivity index (χ0v) is 18.4. The van der Waals surface area contributed by atoms with Gasteiger partial charge >= 0.3 is 0 Å². The smallest absolute Gasteiger partial charge is 0.258 e. The van der Waals surface area contributed by atoms with Crippen molar-refractivity contribution < 1.29 is 13.2 Å². The molecule has 0 radical (unpaired) electrons. The number of fused-ring (bicyclic) bond motifs is 1. The second-order valence-corrected chi connectivity index (χ2v) is 11.1. The highest BCUT2D eigenvalue weighted by Gasteiger charge is 2.34. The average molecular weight is 432 g/mol. The third kappa shape index (κ3) is 4.16. The summed E-state index contributed by atoms with van der Waals surface area (Å²) < 4.78 is 25.2. The fourth-order valence-corrected chi connectivity index (χ4v) is 6.33. The summed E-state index contributed by atoms with van der Waals surface area (Å²) in [6, 6.07) is 7.37. The number of piperazine rings is 1. The summed E-state index contributed by atoms with van der Waals surface area (Å²) in [5.41, 5.74) is 0.492. The van der Waals surface area contributed by atoms with Crippen LogP contribution in [0.15, 0.2) is 35.3 Å². The Bertz CT molecular complexity index is 1110. The van der Waals surface area contributed by atoms with Crippen molar-refractivity contribution in [1.82, 2.24) is 14.4 Å². The number of amides is 1. The van der Waals surface area contributed by atoms with Gasteiger partial charge in [-0.05, 0) is 18.4 Å². The van der Waals surface area contributed by atoms with Crippen LogP contribution in [-0.4, -0.2) is 72.4 Å². The Hall–Kier alpha value is -2.19. The van der Waals surface area contributed by atoms with Gasteiger partial charge < -0.3 is 9.47 Å². The molecule has 162 valence electrons. The van der Waals surface area contributed by atoms with Crippen LogP contribution < -0.4 is 5.56 Å². The molecule has 0 N–H and O–H groups in total. The Morgan fingerprint density at radius 3 is 2.37 bits per heavy atom. The molecule has 0 unspecified atom stereocenters. The molecule has 2 fully saturated rings. The van der Waals surface area contributed by atoms with Gasteiger partial charge in [-0.15, -0.1) is 0 Å². The summed E-state index contributed by atoms with van der Waals surface area (Å²) in [4.78, 5) is 30.3. The topological polar surface area (TPSA) is 79.7 Å². The van der Waals surface area contributed by atoms with Crippen LogP contribution in [-0.2, 0) is 16.4 Å². The number of nitrogens with zero attached hydrogens (tertiary/aromatic N) is 3. The molecular weight excluding hydrogens is 402 g/mol. The maximum absolute atomic E-state index is 13.4. The van der Waals surface area contributed by atoms with Gasteiger partial charge in [0.25, 0.3) is 11.5 Å². The molecule has 0 aliphatic carbocycles. The first kappa shape index (κ1) is 21.1. The highest BCUT2D eigenvalue weighted by molar-refractivity contribution is 7.91. The van der Waals surface area contributed by atoms with E-state index in [9.17, 15) is 18.0 Å². The molecule has 2 aliphatic heterocycles. The number of hydrogen-bond donors (Lipinski definition) is 0. The maximum atomic E-state index is 13.4. The van der Waals surface area contributed by atoms with E-state index >= 15 is 0 Å². The molecule has 4 rings (SSSR count). The molecule has 1 atom stereocenters. The molecule has 1 aromatic heterocycles. The number of carbonyl (C=O) groups excluding carboxylic acids is 1. The van der Waals surface area contributed by atoms with Gasteiger partial charge in [0, 0.05) is 55.7 Å². The van der Waals surface area contributed by atoms with Crippen LogP contribution >= 0.6 is 0 Å². The van der Waals surface area contributed by atoms with Crippen LogP contribution in [0.1, 0.15) is 30.6 Å². The molecule has 0 spiro atoms. The Morgan fingerprint density at radius 2 is 1.77 bits per heavy atom. The quantitative estimate of drug-likeness (QED) is 0.735. The molecule has 2 aliphatic rings. The van der Waals surface area contributed by atoms with Gasteiger partial charge in [-0.2, -0.15) is 0 Å². The number of benzene rings is 1. The molecule has 0 saturated carbocycles. The van der Waals surface area contributed by atoms with E-state index in [1.165, 1.54) is 0 Å². The molecule has 8 heteroatoms. The minimum Gasteiger partial charge on any atom is -0.336 e. The highest BCUT2D eigenvalue weighted by Crippen LogP contribution is 2.22. The van der Waals surface area contributed by atoms with Crippen molar-refractivity contribution >= 4 is 26.5 Å². The van der Waals surface area contributed by atoms with Gasteiger partial charge in [0.15, 0.2) is 9.84 Å². The van der Waals surface area contributed by atoms with Gasteiger partial charge in [-0.3, -0.25) is 14.5 Å². The van der Waals surface area contributed by atoms with Crippen molar-refractivity contribution in [2.24, 2.45) is 5.92 Å². The van der Waals surface area contributed by atoms with Crippen molar-refractivity contribution in [1.29, 1.82) is 0 Å². The number of sulfone groups is 1. The normalized spacial score (nSPS) is 22.1. The summed E-state index contributed by atoms with van der Waals surface area (Å²) in [6.45, 7) is 7.13. The van der Waals surface area contributed by atoms with Gasteiger partial charge in [-0.1, -0.05) is 32.0 Å². The lowest BCUT2D eigenvalue weighted by atomic mass is 10.1. The monoisotopic (exact) mass is 431 g/mol. The Balaban J connectivity index is 1.56. The summed E-state index contributed by atoms with van der Waals surface area (Å²) >= 11 is 0. The van der Waals surface area contributed by atoms with Crippen LogP contribution in [0.25, 0.3) is 10.8 Å². The van der Waals surface area contributed by atoms with Crippen molar-refractivity contribution in [3.8, 4) is 0 Å². The van der Waals surface area contributed by atoms with E-state index in [4.69, 9.17) is 0 Å². The number of rotatable bonds is 4. The maximum Gasteiger partial charge on any atom is 0.258 e. The second kappa shape index (κ2) is 8.15. The van der Waals surface area contributed by atoms with E-state index in [1.54, 1.807) is 16.8 Å². The predicted molar refractivity (Wildman–Crippen MR) is 118 cm³/mol. The standard InChI is InChI=1S/C22H29N3O4S/c1-16(2)13-25-14-20(18-5-3-4-6-19(18)21(25)26)22(27)24-10-8-23(9-11-24)17-7-12-30(28,29)15-17/h3-6,14,16-17H,7-13,15H2,1-2H3/t17-/m1/s1. The van der Waals surface area contributed by atoms with Crippen molar-refractivity contribution in [2.75, 3.05) is 37.7 Å². The van der Waals surface area contributed by atoms with Crippen LogP contribution in [0.2, 0.25) is 0 Å². The van der Waals surface area contributed by atoms with E-state index < -0.39 is 9.84 Å². The number of aromatic nitrogens is 1. The van der Waals surface area contributed by atoms with E-state index in [2.05, 4.69) is 4.90 Å². The molecule has 1 amide bonds. The van der Waals surface area contributed by atoms with E-state index in [0.717, 1.165) is 0 Å². The molecular formula is C22H29N3O4S. The average Bonchev–Trinajstić information content (AvgIpc) is 3.09. The first-order valence-corrected chi connectivity index (χ1v) is 12.4. The number of hydrogen-bond acceptors (Lipinski definition) is 5. The van der Waals surface area contributed by atoms with Crippen LogP contribution in [0.3, 0.4) is 0 Å². The first-order chi connectivity index (χ1) is 14.2. The Kier molecular flexibility index (Phi) is 5.72. The number of pyridine rings is 1. The summed E-state index contributed by atoms with van der Waals surface area (Å²) in [7, 11) is -2.92. The lowest BCUT2D eigenvalue weighted by molar-refractivity contribution is 0.0588. The molecule has 0 bridgehead atoms. The first-order valence-electron chi connectivity index (χ1n) is 10.6. The lowest BCUT2D eigenvalue weighted by Crippen LogP contribution is -2.52. The lowest BCUT2D eigenvalue weighted by Gasteiger charge is -2.37. The summed E-state index contributed by atoms with van der Waals surface area (Å²) in [5, 5.41) is 1.26. The van der Waals surface area contributed by atoms with E-state index in [-0.39, 0.29) is 34.9 Å². The van der Waals surface area contributed by atoms with Gasteiger partial charge in [-0.25, -0.2) is 8.42 Å². The Morgan fingerprint density at radius 1 is 1.10 bits per heavy atom. The van der Waals surface area contributed by atoms with Gasteiger partial charge in [0.1, 0.15) is 0 Å². The Labute approximate surface area is 177 Å². The summed E-state index contributed by atoms with van der Waals surface area (Å²) in [6.07, 6.45) is 2.39.